The molecule has 0 spiro atoms. The fourth-order valence-corrected chi connectivity index (χ4v) is 4.00. The molecule has 10 heteroatoms. The summed E-state index contributed by atoms with van der Waals surface area (Å²) in [6.45, 7) is 4.00. The van der Waals surface area contributed by atoms with Gasteiger partial charge < -0.3 is 20.1 Å². The van der Waals surface area contributed by atoms with Crippen molar-refractivity contribution >= 4 is 40.1 Å². The lowest BCUT2D eigenvalue weighted by Crippen LogP contribution is -2.16. The maximum absolute atomic E-state index is 12.9. The number of carbonyl (C=O) groups is 2. The van der Waals surface area contributed by atoms with E-state index in [1.807, 2.05) is 13.8 Å². The highest BCUT2D eigenvalue weighted by Gasteiger charge is 2.21. The summed E-state index contributed by atoms with van der Waals surface area (Å²) in [5.41, 5.74) is 7.44. The SMILES string of the molecule is CCc1nc(C)sc1C(=O)Nc1nc2cc(C(N)=O)cc(OC)c2n1C/C=C/CO. The molecule has 0 bridgehead atoms. The van der Waals surface area contributed by atoms with Crippen molar-refractivity contribution in [2.24, 2.45) is 5.73 Å². The van der Waals surface area contributed by atoms with Gasteiger partial charge in [-0.05, 0) is 25.5 Å². The number of aliphatic hydroxyl groups is 1. The molecule has 4 N–H and O–H groups in total. The number of ether oxygens (including phenoxy) is 1. The van der Waals surface area contributed by atoms with Gasteiger partial charge in [-0.3, -0.25) is 14.9 Å². The van der Waals surface area contributed by atoms with Gasteiger partial charge in [-0.1, -0.05) is 19.1 Å². The molecule has 1 aromatic carbocycles. The van der Waals surface area contributed by atoms with Crippen molar-refractivity contribution in [3.8, 4) is 5.75 Å². The van der Waals surface area contributed by atoms with Crippen molar-refractivity contribution in [3.63, 3.8) is 0 Å². The molecule has 0 atom stereocenters. The highest BCUT2D eigenvalue weighted by molar-refractivity contribution is 7.13. The second kappa shape index (κ2) is 9.06. The summed E-state index contributed by atoms with van der Waals surface area (Å²) >= 11 is 1.32. The molecule has 0 saturated heterocycles. The zero-order valence-corrected chi connectivity index (χ0v) is 17.7. The smallest absolute Gasteiger partial charge is 0.269 e. The summed E-state index contributed by atoms with van der Waals surface area (Å²) in [6.07, 6.45) is 3.97. The number of aromatic nitrogens is 3. The minimum absolute atomic E-state index is 0.114. The molecule has 158 valence electrons. The Hall–Kier alpha value is -3.24. The van der Waals surface area contributed by atoms with Gasteiger partial charge in [-0.25, -0.2) is 9.97 Å². The average molecular weight is 430 g/mol. The number of hydrogen-bond donors (Lipinski definition) is 3. The van der Waals surface area contributed by atoms with Gasteiger partial charge in [0.1, 0.15) is 16.1 Å². The molecule has 2 heterocycles. The fraction of sp³-hybridized carbons (Fsp3) is 0.300. The van der Waals surface area contributed by atoms with Crippen LogP contribution in [0.5, 0.6) is 5.75 Å². The quantitative estimate of drug-likeness (QED) is 0.471. The normalized spacial score (nSPS) is 11.3. The number of nitrogens with zero attached hydrogens (tertiary/aromatic N) is 3. The third kappa shape index (κ3) is 4.19. The van der Waals surface area contributed by atoms with Crippen LogP contribution in [-0.4, -0.2) is 45.2 Å². The first-order valence-electron chi connectivity index (χ1n) is 9.31. The van der Waals surface area contributed by atoms with Gasteiger partial charge >= 0.3 is 0 Å². The molecule has 3 rings (SSSR count). The van der Waals surface area contributed by atoms with Gasteiger partial charge in [-0.15, -0.1) is 11.3 Å². The lowest BCUT2D eigenvalue weighted by molar-refractivity contribution is 0.0997. The highest BCUT2D eigenvalue weighted by atomic mass is 32.1. The van der Waals surface area contributed by atoms with E-state index in [-0.39, 0.29) is 24.0 Å². The van der Waals surface area contributed by atoms with Gasteiger partial charge in [0.05, 0.1) is 29.9 Å². The summed E-state index contributed by atoms with van der Waals surface area (Å²) in [7, 11) is 1.48. The topological polar surface area (TPSA) is 132 Å². The number of imidazole rings is 1. The molecule has 30 heavy (non-hydrogen) atoms. The standard InChI is InChI=1S/C20H23N5O4S/c1-4-13-17(30-11(2)22-13)19(28)24-20-23-14-9-12(18(21)27)10-15(29-3)16(14)25(20)7-5-6-8-26/h5-6,9-10,26H,4,7-8H2,1-3H3,(H2,21,27)(H,23,24,28)/b6-5+. The molecule has 0 saturated carbocycles. The minimum Gasteiger partial charge on any atom is -0.494 e. The highest BCUT2D eigenvalue weighted by Crippen LogP contribution is 2.31. The molecule has 2 amide bonds. The molecule has 3 aromatic rings. The van der Waals surface area contributed by atoms with E-state index >= 15 is 0 Å². The number of primary amides is 1. The first kappa shape index (κ1) is 21.5. The summed E-state index contributed by atoms with van der Waals surface area (Å²) in [4.78, 5) is 34.0. The van der Waals surface area contributed by atoms with Crippen LogP contribution < -0.4 is 15.8 Å². The van der Waals surface area contributed by atoms with Crippen molar-refractivity contribution in [2.75, 3.05) is 19.0 Å². The summed E-state index contributed by atoms with van der Waals surface area (Å²) in [5, 5.41) is 12.7. The van der Waals surface area contributed by atoms with Crippen LogP contribution in [0.25, 0.3) is 11.0 Å². The maximum Gasteiger partial charge on any atom is 0.269 e. The van der Waals surface area contributed by atoms with Crippen molar-refractivity contribution in [1.82, 2.24) is 14.5 Å². The zero-order valence-electron chi connectivity index (χ0n) is 16.9. The number of hydrogen-bond acceptors (Lipinski definition) is 7. The Bertz CT molecular complexity index is 1130. The van der Waals surface area contributed by atoms with Gasteiger partial charge in [0.2, 0.25) is 11.9 Å². The number of aryl methyl sites for hydroxylation is 2. The van der Waals surface area contributed by atoms with Crippen molar-refractivity contribution in [2.45, 2.75) is 26.8 Å². The summed E-state index contributed by atoms with van der Waals surface area (Å²) in [6, 6.07) is 3.09. The Morgan fingerprint density at radius 3 is 2.73 bits per heavy atom. The second-order valence-electron chi connectivity index (χ2n) is 6.43. The summed E-state index contributed by atoms with van der Waals surface area (Å²) in [5.74, 6) is -0.238. The van der Waals surface area contributed by atoms with E-state index in [2.05, 4.69) is 15.3 Å². The molecule has 9 nitrogen and oxygen atoms in total. The first-order valence-corrected chi connectivity index (χ1v) is 10.1. The predicted molar refractivity (Wildman–Crippen MR) is 115 cm³/mol. The Balaban J connectivity index is 2.11. The van der Waals surface area contributed by atoms with Crippen LogP contribution in [0.1, 0.15) is 37.7 Å². The van der Waals surface area contributed by atoms with Crippen LogP contribution in [0.15, 0.2) is 24.3 Å². The Morgan fingerprint density at radius 2 is 2.10 bits per heavy atom. The lowest BCUT2D eigenvalue weighted by atomic mass is 10.1. The van der Waals surface area contributed by atoms with E-state index in [1.54, 1.807) is 22.8 Å². The third-order valence-electron chi connectivity index (χ3n) is 4.44. The number of rotatable bonds is 8. The number of thiazole rings is 1. The largest absolute Gasteiger partial charge is 0.494 e. The van der Waals surface area contributed by atoms with Crippen molar-refractivity contribution < 1.29 is 19.4 Å². The third-order valence-corrected chi connectivity index (χ3v) is 5.45. The number of fused-ring (bicyclic) bond motifs is 1. The Labute approximate surface area is 177 Å². The molecule has 0 unspecified atom stereocenters. The summed E-state index contributed by atoms with van der Waals surface area (Å²) < 4.78 is 7.18. The number of benzene rings is 1. The number of anilines is 1. The van der Waals surface area contributed by atoms with E-state index in [0.29, 0.717) is 34.6 Å². The molecule has 0 fully saturated rings. The van der Waals surface area contributed by atoms with Crippen LogP contribution in [0, 0.1) is 6.92 Å². The van der Waals surface area contributed by atoms with E-state index in [1.165, 1.54) is 24.5 Å². The van der Waals surface area contributed by atoms with Gasteiger partial charge in [-0.2, -0.15) is 0 Å². The van der Waals surface area contributed by atoms with Crippen LogP contribution in [0.4, 0.5) is 5.95 Å². The number of allylic oxidation sites excluding steroid dienone is 1. The van der Waals surface area contributed by atoms with E-state index in [9.17, 15) is 9.59 Å². The van der Waals surface area contributed by atoms with E-state index in [4.69, 9.17) is 15.6 Å². The number of carbonyl (C=O) groups excluding carboxylic acids is 2. The lowest BCUT2D eigenvalue weighted by Gasteiger charge is -2.10. The van der Waals surface area contributed by atoms with Gasteiger partial charge in [0.25, 0.3) is 5.91 Å². The molecular formula is C20H23N5O4S. The molecule has 0 aliphatic heterocycles. The zero-order chi connectivity index (χ0) is 21.8. The second-order valence-corrected chi connectivity index (χ2v) is 7.63. The number of nitrogens with two attached hydrogens (primary N) is 1. The van der Waals surface area contributed by atoms with Crippen LogP contribution in [0.2, 0.25) is 0 Å². The molecule has 2 aromatic heterocycles. The van der Waals surface area contributed by atoms with Crippen LogP contribution in [-0.2, 0) is 13.0 Å². The Morgan fingerprint density at radius 1 is 1.33 bits per heavy atom. The van der Waals surface area contributed by atoms with Crippen LogP contribution >= 0.6 is 11.3 Å². The molecule has 0 radical (unpaired) electrons. The monoisotopic (exact) mass is 429 g/mol. The maximum atomic E-state index is 12.9. The number of methoxy groups -OCH3 is 1. The number of nitrogens with one attached hydrogen (secondary N) is 1. The van der Waals surface area contributed by atoms with Gasteiger partial charge in [0, 0.05) is 12.1 Å². The van der Waals surface area contributed by atoms with Crippen molar-refractivity contribution in [1.29, 1.82) is 0 Å². The van der Waals surface area contributed by atoms with Crippen molar-refractivity contribution in [3.05, 3.63) is 45.4 Å². The number of aliphatic hydroxyl groups excluding tert-OH is 1. The average Bonchev–Trinajstić information content (AvgIpc) is 3.27. The minimum atomic E-state index is -0.608. The first-order chi connectivity index (χ1) is 14.4. The fourth-order valence-electron chi connectivity index (χ4n) is 3.10. The molecule has 0 aliphatic rings. The molecular weight excluding hydrogens is 406 g/mol. The Kier molecular flexibility index (Phi) is 6.48. The van der Waals surface area contributed by atoms with Gasteiger partial charge in [0.15, 0.2) is 0 Å². The van der Waals surface area contributed by atoms with Crippen LogP contribution in [0.3, 0.4) is 0 Å². The number of amides is 2. The predicted octanol–water partition coefficient (Wildman–Crippen LogP) is 2.27. The molecule has 0 aliphatic carbocycles. The van der Waals surface area contributed by atoms with E-state index < -0.39 is 5.91 Å². The van der Waals surface area contributed by atoms with E-state index in [0.717, 1.165) is 10.7 Å².